The van der Waals surface area contributed by atoms with E-state index in [-0.39, 0.29) is 17.7 Å². The van der Waals surface area contributed by atoms with Crippen LogP contribution in [-0.4, -0.2) is 18.4 Å². The zero-order valence-corrected chi connectivity index (χ0v) is 11.5. The van der Waals surface area contributed by atoms with Gasteiger partial charge >= 0.3 is 5.97 Å². The number of rotatable bonds is 4. The molecule has 3 nitrogen and oxygen atoms in total. The van der Waals surface area contributed by atoms with E-state index in [9.17, 15) is 9.59 Å². The minimum atomic E-state index is -0.640. The molecule has 0 bridgehead atoms. The van der Waals surface area contributed by atoms with Gasteiger partial charge in [0.15, 0.2) is 0 Å². The van der Waals surface area contributed by atoms with E-state index in [1.54, 1.807) is 20.8 Å². The molecule has 0 saturated heterocycles. The number of esters is 1. The summed E-state index contributed by atoms with van der Waals surface area (Å²) in [6, 6.07) is 0. The van der Waals surface area contributed by atoms with Crippen molar-refractivity contribution in [2.45, 2.75) is 52.9 Å². The third-order valence-electron chi connectivity index (χ3n) is 3.30. The van der Waals surface area contributed by atoms with Crippen LogP contribution in [0, 0.1) is 23.2 Å². The quantitative estimate of drug-likeness (QED) is 0.438. The second-order valence-electron chi connectivity index (χ2n) is 5.43. The Bertz CT molecular complexity index is 365. The van der Waals surface area contributed by atoms with Crippen LogP contribution in [0.15, 0.2) is 0 Å². The molecular formula is C15H22O3. The minimum absolute atomic E-state index is 0.0344. The molecule has 0 unspecified atom stereocenters. The first kappa shape index (κ1) is 14.8. The Morgan fingerprint density at radius 1 is 1.28 bits per heavy atom. The van der Waals surface area contributed by atoms with Gasteiger partial charge in [-0.15, -0.1) is 0 Å². The Balaban J connectivity index is 2.48. The van der Waals surface area contributed by atoms with Crippen molar-refractivity contribution < 1.29 is 14.3 Å². The van der Waals surface area contributed by atoms with E-state index in [1.807, 2.05) is 0 Å². The molecule has 1 saturated carbocycles. The van der Waals surface area contributed by atoms with Gasteiger partial charge in [-0.25, -0.2) is 0 Å². The maximum atomic E-state index is 11.7. The van der Waals surface area contributed by atoms with Gasteiger partial charge in [-0.05, 0) is 39.5 Å². The first-order valence-corrected chi connectivity index (χ1v) is 6.67. The van der Waals surface area contributed by atoms with Gasteiger partial charge in [0.1, 0.15) is 0 Å². The second-order valence-corrected chi connectivity index (χ2v) is 5.43. The number of hydrogen-bond donors (Lipinski definition) is 0. The molecule has 18 heavy (non-hydrogen) atoms. The summed E-state index contributed by atoms with van der Waals surface area (Å²) in [5.74, 6) is 5.43. The predicted octanol–water partition coefficient (Wildman–Crippen LogP) is 2.73. The van der Waals surface area contributed by atoms with E-state index < -0.39 is 5.41 Å². The van der Waals surface area contributed by atoms with Gasteiger partial charge in [-0.3, -0.25) is 9.59 Å². The van der Waals surface area contributed by atoms with Crippen LogP contribution < -0.4 is 0 Å². The molecule has 0 amide bonds. The Labute approximate surface area is 109 Å². The fourth-order valence-corrected chi connectivity index (χ4v) is 2.04. The number of hydrogen-bond acceptors (Lipinski definition) is 3. The van der Waals surface area contributed by atoms with Gasteiger partial charge < -0.3 is 4.74 Å². The first-order chi connectivity index (χ1) is 8.47. The van der Waals surface area contributed by atoms with E-state index in [2.05, 4.69) is 11.8 Å². The fourth-order valence-electron chi connectivity index (χ4n) is 2.04. The van der Waals surface area contributed by atoms with Crippen LogP contribution in [0.1, 0.15) is 52.9 Å². The summed E-state index contributed by atoms with van der Waals surface area (Å²) in [4.78, 5) is 23.4. The zero-order valence-electron chi connectivity index (χ0n) is 11.5. The highest BCUT2D eigenvalue weighted by Crippen LogP contribution is 2.25. The van der Waals surface area contributed by atoms with E-state index in [4.69, 9.17) is 4.74 Å². The van der Waals surface area contributed by atoms with Gasteiger partial charge in [-0.2, -0.15) is 0 Å². The van der Waals surface area contributed by atoms with Gasteiger partial charge in [-0.1, -0.05) is 18.8 Å². The summed E-state index contributed by atoms with van der Waals surface area (Å²) in [5, 5.41) is 0. The van der Waals surface area contributed by atoms with Crippen LogP contribution in [-0.2, 0) is 14.3 Å². The smallest absolute Gasteiger partial charge is 0.312 e. The summed E-state index contributed by atoms with van der Waals surface area (Å²) in [5.41, 5.74) is -0.640. The van der Waals surface area contributed by atoms with Gasteiger partial charge in [0.05, 0.1) is 12.0 Å². The number of ether oxygens (including phenoxy) is 1. The van der Waals surface area contributed by atoms with Crippen LogP contribution in [0.5, 0.6) is 0 Å². The maximum Gasteiger partial charge on any atom is 0.312 e. The lowest BCUT2D eigenvalue weighted by Crippen LogP contribution is -2.26. The molecule has 0 aromatic carbocycles. The largest absolute Gasteiger partial charge is 0.466 e. The van der Waals surface area contributed by atoms with Gasteiger partial charge in [0, 0.05) is 12.3 Å². The minimum Gasteiger partial charge on any atom is -0.466 e. The van der Waals surface area contributed by atoms with E-state index >= 15 is 0 Å². The van der Waals surface area contributed by atoms with Gasteiger partial charge in [0.2, 0.25) is 5.78 Å². The lowest BCUT2D eigenvalue weighted by atomic mass is 9.89. The third-order valence-corrected chi connectivity index (χ3v) is 3.30. The van der Waals surface area contributed by atoms with Gasteiger partial charge in [0.25, 0.3) is 0 Å². The average Bonchev–Trinajstić information content (AvgIpc) is 2.82. The van der Waals surface area contributed by atoms with Crippen LogP contribution in [0.4, 0.5) is 0 Å². The van der Waals surface area contributed by atoms with Crippen LogP contribution in [0.25, 0.3) is 0 Å². The van der Waals surface area contributed by atoms with Crippen molar-refractivity contribution in [3.8, 4) is 11.8 Å². The van der Waals surface area contributed by atoms with E-state index in [0.29, 0.717) is 13.0 Å². The highest BCUT2D eigenvalue weighted by atomic mass is 16.5. The lowest BCUT2D eigenvalue weighted by Gasteiger charge is -2.18. The van der Waals surface area contributed by atoms with Crippen molar-refractivity contribution in [3.05, 3.63) is 0 Å². The molecule has 0 heterocycles. The zero-order chi connectivity index (χ0) is 13.6. The SMILES string of the molecule is CCOC(=O)C(C)(C)CC#CC(=O)C1CCCC1. The Kier molecular flexibility index (Phi) is 5.40. The number of ketones is 1. The second kappa shape index (κ2) is 6.58. The standard InChI is InChI=1S/C15H22O3/c1-4-18-14(17)15(2,3)11-7-10-13(16)12-8-5-6-9-12/h12H,4-6,8-9,11H2,1-3H3. The summed E-state index contributed by atoms with van der Waals surface area (Å²) in [7, 11) is 0. The average molecular weight is 250 g/mol. The number of carbonyl (C=O) groups excluding carboxylic acids is 2. The monoisotopic (exact) mass is 250 g/mol. The molecule has 1 aliphatic rings. The normalized spacial score (nSPS) is 15.9. The molecule has 100 valence electrons. The molecule has 0 radical (unpaired) electrons. The molecule has 1 fully saturated rings. The summed E-state index contributed by atoms with van der Waals surface area (Å²) in [6.45, 7) is 5.74. The summed E-state index contributed by atoms with van der Waals surface area (Å²) in [6.07, 6.45) is 4.56. The Hall–Kier alpha value is -1.30. The first-order valence-electron chi connectivity index (χ1n) is 6.67. The van der Waals surface area contributed by atoms with E-state index in [0.717, 1.165) is 25.7 Å². The van der Waals surface area contributed by atoms with Crippen LogP contribution >= 0.6 is 0 Å². The van der Waals surface area contributed by atoms with Crippen molar-refractivity contribution in [1.29, 1.82) is 0 Å². The van der Waals surface area contributed by atoms with E-state index in [1.165, 1.54) is 0 Å². The van der Waals surface area contributed by atoms with Crippen molar-refractivity contribution in [1.82, 2.24) is 0 Å². The Morgan fingerprint density at radius 3 is 2.44 bits per heavy atom. The number of carbonyl (C=O) groups is 2. The lowest BCUT2D eigenvalue weighted by molar-refractivity contribution is -0.153. The molecule has 0 aromatic rings. The fraction of sp³-hybridized carbons (Fsp3) is 0.733. The maximum absolute atomic E-state index is 11.7. The third kappa shape index (κ3) is 4.18. The van der Waals surface area contributed by atoms with Crippen LogP contribution in [0.2, 0.25) is 0 Å². The Morgan fingerprint density at radius 2 is 1.89 bits per heavy atom. The van der Waals surface area contributed by atoms with Crippen molar-refractivity contribution >= 4 is 11.8 Å². The molecule has 1 rings (SSSR count). The van der Waals surface area contributed by atoms with Crippen molar-refractivity contribution in [3.63, 3.8) is 0 Å². The molecule has 0 spiro atoms. The predicted molar refractivity (Wildman–Crippen MR) is 69.8 cm³/mol. The number of Topliss-reactive ketones (excluding diaryl/α,β-unsaturated/α-hetero) is 1. The molecule has 3 heteroatoms. The molecule has 0 aliphatic heterocycles. The highest BCUT2D eigenvalue weighted by Gasteiger charge is 2.28. The summed E-state index contributed by atoms with van der Waals surface area (Å²) < 4.78 is 4.97. The van der Waals surface area contributed by atoms with Crippen molar-refractivity contribution in [2.24, 2.45) is 11.3 Å². The summed E-state index contributed by atoms with van der Waals surface area (Å²) >= 11 is 0. The molecule has 0 N–H and O–H groups in total. The topological polar surface area (TPSA) is 43.4 Å². The van der Waals surface area contributed by atoms with Crippen LogP contribution in [0.3, 0.4) is 0 Å². The molecule has 0 atom stereocenters. The highest BCUT2D eigenvalue weighted by molar-refractivity contribution is 5.97. The molecule has 1 aliphatic carbocycles. The molecular weight excluding hydrogens is 228 g/mol. The molecule has 0 aromatic heterocycles. The van der Waals surface area contributed by atoms with Crippen molar-refractivity contribution in [2.75, 3.05) is 6.61 Å².